The van der Waals surface area contributed by atoms with Gasteiger partial charge in [-0.1, -0.05) is 56.3 Å². The van der Waals surface area contributed by atoms with Gasteiger partial charge in [-0.2, -0.15) is 0 Å². The Morgan fingerprint density at radius 1 is 0.921 bits per heavy atom. The number of hydrogen-bond donors (Lipinski definition) is 1. The highest BCUT2D eigenvalue weighted by atomic mass is 31.2. The zero-order chi connectivity index (χ0) is 27.9. The first kappa shape index (κ1) is 29.2. The molecule has 0 aromatic heterocycles. The van der Waals surface area contributed by atoms with Crippen LogP contribution in [0.3, 0.4) is 0 Å². The third-order valence-corrected chi connectivity index (χ3v) is 7.87. The zero-order valence-electron chi connectivity index (χ0n) is 22.1. The van der Waals surface area contributed by atoms with Crippen molar-refractivity contribution >= 4 is 31.2 Å². The van der Waals surface area contributed by atoms with E-state index in [4.69, 9.17) is 9.05 Å². The number of hydrogen-bond acceptors (Lipinski definition) is 7. The number of imide groups is 1. The van der Waals surface area contributed by atoms with Gasteiger partial charge in [-0.15, -0.1) is 0 Å². The van der Waals surface area contributed by atoms with Crippen LogP contribution in [0.5, 0.6) is 0 Å². The molecule has 4 amide bonds. The van der Waals surface area contributed by atoms with E-state index in [1.54, 1.807) is 52.0 Å². The number of nitrogens with zero attached hydrogens (tertiary/aromatic N) is 2. The molecule has 1 atom stereocenters. The van der Waals surface area contributed by atoms with E-state index in [1.807, 2.05) is 30.3 Å². The molecule has 0 bridgehead atoms. The summed E-state index contributed by atoms with van der Waals surface area (Å²) >= 11 is 0. The SMILES string of the molecule is CCOP(=O)(CNC(=O)C(C(C)C)N(Cc1ccccc1)C(=O)CN1C(=O)c2ccccc2C1=O)OCC. The first-order valence-corrected chi connectivity index (χ1v) is 14.3. The van der Waals surface area contributed by atoms with Crippen LogP contribution in [0.25, 0.3) is 0 Å². The Morgan fingerprint density at radius 3 is 1.95 bits per heavy atom. The fraction of sp³-hybridized carbons (Fsp3) is 0.407. The highest BCUT2D eigenvalue weighted by Crippen LogP contribution is 2.46. The minimum Gasteiger partial charge on any atom is -0.343 e. The molecule has 1 heterocycles. The smallest absolute Gasteiger partial charge is 0.343 e. The number of fused-ring (bicyclic) bond motifs is 1. The maximum absolute atomic E-state index is 13.7. The molecule has 11 heteroatoms. The van der Waals surface area contributed by atoms with Crippen LogP contribution in [-0.4, -0.2) is 65.5 Å². The van der Waals surface area contributed by atoms with E-state index in [1.165, 1.54) is 4.90 Å². The maximum atomic E-state index is 13.7. The minimum absolute atomic E-state index is 0.0632. The monoisotopic (exact) mass is 543 g/mol. The Hall–Kier alpha value is -3.33. The average Bonchev–Trinajstić information content (AvgIpc) is 3.13. The Labute approximate surface area is 222 Å². The van der Waals surface area contributed by atoms with Crippen LogP contribution >= 0.6 is 7.60 Å². The largest absolute Gasteiger partial charge is 0.349 e. The standard InChI is InChI=1S/C27H34N3O7P/c1-5-36-38(35,37-6-2)18-28-25(32)24(19(3)4)29(16-20-12-8-7-9-13-20)23(31)17-30-26(33)21-14-10-11-15-22(21)27(30)34/h7-15,19,24H,5-6,16-18H2,1-4H3,(H,28,32). The number of amides is 4. The summed E-state index contributed by atoms with van der Waals surface area (Å²) < 4.78 is 23.4. The maximum Gasteiger partial charge on any atom is 0.349 e. The van der Waals surface area contributed by atoms with Crippen LogP contribution in [0.2, 0.25) is 0 Å². The Balaban J connectivity index is 1.87. The van der Waals surface area contributed by atoms with Gasteiger partial charge in [0.1, 0.15) is 18.9 Å². The normalized spacial score (nSPS) is 14.0. The van der Waals surface area contributed by atoms with Crippen LogP contribution < -0.4 is 5.32 Å². The van der Waals surface area contributed by atoms with Crippen LogP contribution in [-0.2, 0) is 29.7 Å². The van der Waals surface area contributed by atoms with Crippen molar-refractivity contribution in [1.82, 2.24) is 15.1 Å². The minimum atomic E-state index is -3.57. The molecule has 38 heavy (non-hydrogen) atoms. The molecule has 10 nitrogen and oxygen atoms in total. The van der Waals surface area contributed by atoms with E-state index >= 15 is 0 Å². The highest BCUT2D eigenvalue weighted by molar-refractivity contribution is 7.53. The summed E-state index contributed by atoms with van der Waals surface area (Å²) in [5, 5.41) is 2.63. The van der Waals surface area contributed by atoms with E-state index in [9.17, 15) is 23.7 Å². The van der Waals surface area contributed by atoms with Gasteiger partial charge in [-0.3, -0.25) is 28.6 Å². The van der Waals surface area contributed by atoms with Gasteiger partial charge in [0, 0.05) is 6.54 Å². The summed E-state index contributed by atoms with van der Waals surface area (Å²) in [6.07, 6.45) is -0.359. The molecule has 0 aliphatic carbocycles. The summed E-state index contributed by atoms with van der Waals surface area (Å²) in [6.45, 7) is 6.72. The Morgan fingerprint density at radius 2 is 1.45 bits per heavy atom. The molecule has 1 unspecified atom stereocenters. The van der Waals surface area contributed by atoms with E-state index in [0.717, 1.165) is 10.5 Å². The summed E-state index contributed by atoms with van der Waals surface area (Å²) in [7, 11) is -3.57. The van der Waals surface area contributed by atoms with Crippen LogP contribution in [0.4, 0.5) is 0 Å². The molecule has 0 spiro atoms. The molecule has 1 aliphatic heterocycles. The van der Waals surface area contributed by atoms with Gasteiger partial charge in [0.2, 0.25) is 11.8 Å². The Kier molecular flexibility index (Phi) is 9.96. The second-order valence-electron chi connectivity index (χ2n) is 9.08. The van der Waals surface area contributed by atoms with Gasteiger partial charge < -0.3 is 19.3 Å². The molecular formula is C27H34N3O7P. The van der Waals surface area contributed by atoms with Crippen molar-refractivity contribution in [2.75, 3.05) is 26.0 Å². The zero-order valence-corrected chi connectivity index (χ0v) is 23.0. The molecule has 0 radical (unpaired) electrons. The second kappa shape index (κ2) is 13.0. The first-order chi connectivity index (χ1) is 18.1. The molecular weight excluding hydrogens is 509 g/mol. The van der Waals surface area contributed by atoms with E-state index < -0.39 is 43.8 Å². The quantitative estimate of drug-likeness (QED) is 0.302. The predicted molar refractivity (Wildman–Crippen MR) is 141 cm³/mol. The van der Waals surface area contributed by atoms with Crippen LogP contribution in [0.1, 0.15) is 54.0 Å². The van der Waals surface area contributed by atoms with E-state index in [0.29, 0.717) is 0 Å². The van der Waals surface area contributed by atoms with Gasteiger partial charge in [0.25, 0.3) is 11.8 Å². The van der Waals surface area contributed by atoms with Gasteiger partial charge >= 0.3 is 7.60 Å². The molecule has 2 aromatic rings. The summed E-state index contributed by atoms with van der Waals surface area (Å²) in [4.78, 5) is 55.2. The first-order valence-electron chi connectivity index (χ1n) is 12.6. The summed E-state index contributed by atoms with van der Waals surface area (Å²) in [6, 6.07) is 14.5. The van der Waals surface area contributed by atoms with Crippen molar-refractivity contribution < 1.29 is 32.8 Å². The third kappa shape index (κ3) is 6.75. The fourth-order valence-electron chi connectivity index (χ4n) is 4.34. The topological polar surface area (TPSA) is 122 Å². The highest BCUT2D eigenvalue weighted by Gasteiger charge is 2.40. The molecule has 204 valence electrons. The molecule has 0 saturated heterocycles. The lowest BCUT2D eigenvalue weighted by Gasteiger charge is -2.34. The van der Waals surface area contributed by atoms with Crippen molar-refractivity contribution in [3.8, 4) is 0 Å². The lowest BCUT2D eigenvalue weighted by atomic mass is 10.00. The average molecular weight is 544 g/mol. The molecule has 2 aromatic carbocycles. The molecule has 0 fully saturated rings. The number of nitrogens with one attached hydrogen (secondary N) is 1. The van der Waals surface area contributed by atoms with Gasteiger partial charge in [-0.05, 0) is 37.5 Å². The summed E-state index contributed by atoms with van der Waals surface area (Å²) in [5.41, 5.74) is 1.23. The van der Waals surface area contributed by atoms with Gasteiger partial charge in [0.05, 0.1) is 24.3 Å². The van der Waals surface area contributed by atoms with Gasteiger partial charge in [-0.25, -0.2) is 0 Å². The molecule has 0 saturated carbocycles. The van der Waals surface area contributed by atoms with Crippen molar-refractivity contribution in [3.05, 3.63) is 71.3 Å². The van der Waals surface area contributed by atoms with Crippen molar-refractivity contribution in [1.29, 1.82) is 0 Å². The number of benzene rings is 2. The van der Waals surface area contributed by atoms with Crippen molar-refractivity contribution in [2.24, 2.45) is 5.92 Å². The fourth-order valence-corrected chi connectivity index (χ4v) is 5.73. The second-order valence-corrected chi connectivity index (χ2v) is 11.1. The third-order valence-electron chi connectivity index (χ3n) is 6.02. The predicted octanol–water partition coefficient (Wildman–Crippen LogP) is 3.68. The summed E-state index contributed by atoms with van der Waals surface area (Å²) in [5.74, 6) is -2.60. The van der Waals surface area contributed by atoms with Crippen molar-refractivity contribution in [2.45, 2.75) is 40.3 Å². The van der Waals surface area contributed by atoms with E-state index in [-0.39, 0.29) is 43.1 Å². The number of carbonyl (C=O) groups excluding carboxylic acids is 4. The molecule has 1 aliphatic rings. The Bertz CT molecular complexity index is 1170. The van der Waals surface area contributed by atoms with Crippen LogP contribution in [0, 0.1) is 5.92 Å². The van der Waals surface area contributed by atoms with Crippen LogP contribution in [0.15, 0.2) is 54.6 Å². The molecule has 1 N–H and O–H groups in total. The molecule has 3 rings (SSSR count). The number of carbonyl (C=O) groups is 4. The lowest BCUT2D eigenvalue weighted by Crippen LogP contribution is -2.54. The van der Waals surface area contributed by atoms with E-state index in [2.05, 4.69) is 5.32 Å². The lowest BCUT2D eigenvalue weighted by molar-refractivity contribution is -0.143. The van der Waals surface area contributed by atoms with Gasteiger partial charge in [0.15, 0.2) is 0 Å². The van der Waals surface area contributed by atoms with Crippen molar-refractivity contribution in [3.63, 3.8) is 0 Å². The number of rotatable bonds is 13.